The molecule has 0 saturated heterocycles. The van der Waals surface area contributed by atoms with E-state index in [1.807, 2.05) is 31.2 Å². The highest BCUT2D eigenvalue weighted by Crippen LogP contribution is 2.24. The van der Waals surface area contributed by atoms with Crippen LogP contribution in [0.15, 0.2) is 40.9 Å². The predicted molar refractivity (Wildman–Crippen MR) is 91.1 cm³/mol. The smallest absolute Gasteiger partial charge is 0.255 e. The molecule has 0 aromatic heterocycles. The maximum absolute atomic E-state index is 12.5. The van der Waals surface area contributed by atoms with Crippen LogP contribution in [0.5, 0.6) is 0 Å². The lowest BCUT2D eigenvalue weighted by molar-refractivity contribution is 0.0784. The van der Waals surface area contributed by atoms with Crippen LogP contribution in [0.4, 0.5) is 0 Å². The molecule has 1 amide bonds. The van der Waals surface area contributed by atoms with Gasteiger partial charge in [0, 0.05) is 28.1 Å². The van der Waals surface area contributed by atoms with Gasteiger partial charge in [0.1, 0.15) is 0 Å². The average molecular weight is 387 g/mol. The van der Waals surface area contributed by atoms with Gasteiger partial charge in [-0.05, 0) is 52.7 Å². The van der Waals surface area contributed by atoms with Crippen LogP contribution in [0.3, 0.4) is 0 Å². The minimum absolute atomic E-state index is 0.0587. The molecule has 21 heavy (non-hydrogen) atoms. The molecule has 0 unspecified atom stereocenters. The summed E-state index contributed by atoms with van der Waals surface area (Å²) in [5, 5.41) is 1.14. The van der Waals surface area contributed by atoms with Gasteiger partial charge in [-0.15, -0.1) is 0 Å². The zero-order valence-electron chi connectivity index (χ0n) is 11.7. The Kier molecular flexibility index (Phi) is 5.31. The van der Waals surface area contributed by atoms with Crippen LogP contribution in [0, 0.1) is 6.92 Å². The topological polar surface area (TPSA) is 20.3 Å². The van der Waals surface area contributed by atoms with Gasteiger partial charge >= 0.3 is 0 Å². The standard InChI is InChI=1S/C16H14BrCl2NO/c1-10-3-6-14(17)13(7-10)16(21)20(2)9-11-4-5-12(18)8-15(11)19/h3-8H,9H2,1-2H3. The van der Waals surface area contributed by atoms with Crippen LogP contribution in [0.25, 0.3) is 0 Å². The minimum atomic E-state index is -0.0587. The van der Waals surface area contributed by atoms with Crippen molar-refractivity contribution in [2.45, 2.75) is 13.5 Å². The van der Waals surface area contributed by atoms with Crippen molar-refractivity contribution < 1.29 is 4.79 Å². The molecule has 0 aliphatic carbocycles. The molecule has 0 bridgehead atoms. The van der Waals surface area contributed by atoms with Crippen molar-refractivity contribution in [2.24, 2.45) is 0 Å². The van der Waals surface area contributed by atoms with E-state index in [1.54, 1.807) is 24.1 Å². The number of rotatable bonds is 3. The molecule has 0 aliphatic rings. The lowest BCUT2D eigenvalue weighted by atomic mass is 10.1. The summed E-state index contributed by atoms with van der Waals surface area (Å²) in [6.07, 6.45) is 0. The van der Waals surface area contributed by atoms with Gasteiger partial charge in [-0.2, -0.15) is 0 Å². The second kappa shape index (κ2) is 6.82. The van der Waals surface area contributed by atoms with Gasteiger partial charge in [0.05, 0.1) is 5.56 Å². The first-order valence-corrected chi connectivity index (χ1v) is 7.89. The molecule has 0 heterocycles. The lowest BCUT2D eigenvalue weighted by Crippen LogP contribution is -2.26. The fraction of sp³-hybridized carbons (Fsp3) is 0.188. The summed E-state index contributed by atoms with van der Waals surface area (Å²) in [4.78, 5) is 14.2. The quantitative estimate of drug-likeness (QED) is 0.697. The van der Waals surface area contributed by atoms with Crippen molar-refractivity contribution in [1.29, 1.82) is 0 Å². The monoisotopic (exact) mass is 385 g/mol. The van der Waals surface area contributed by atoms with Gasteiger partial charge in [-0.1, -0.05) is 40.9 Å². The number of aryl methyl sites for hydroxylation is 1. The molecule has 2 aromatic carbocycles. The molecule has 5 heteroatoms. The molecular formula is C16H14BrCl2NO. The SMILES string of the molecule is Cc1ccc(Br)c(C(=O)N(C)Cc2ccc(Cl)cc2Cl)c1. The summed E-state index contributed by atoms with van der Waals surface area (Å²) in [6, 6.07) is 11.0. The molecule has 2 nitrogen and oxygen atoms in total. The van der Waals surface area contributed by atoms with Crippen molar-refractivity contribution in [3.05, 3.63) is 67.6 Å². The molecule has 0 aliphatic heterocycles. The summed E-state index contributed by atoms with van der Waals surface area (Å²) in [5.41, 5.74) is 2.54. The maximum Gasteiger partial charge on any atom is 0.255 e. The summed E-state index contributed by atoms with van der Waals surface area (Å²) in [5.74, 6) is -0.0587. The number of amides is 1. The second-order valence-corrected chi connectivity index (χ2v) is 6.58. The van der Waals surface area contributed by atoms with Crippen LogP contribution in [-0.4, -0.2) is 17.9 Å². The Morgan fingerprint density at radius 3 is 2.57 bits per heavy atom. The summed E-state index contributed by atoms with van der Waals surface area (Å²) in [7, 11) is 1.75. The third-order valence-corrected chi connectivity index (χ3v) is 4.40. The first-order chi connectivity index (χ1) is 9.88. The number of benzene rings is 2. The Balaban J connectivity index is 2.21. The van der Waals surface area contributed by atoms with Crippen LogP contribution in [0.1, 0.15) is 21.5 Å². The van der Waals surface area contributed by atoms with Crippen molar-refractivity contribution in [2.75, 3.05) is 7.05 Å². The summed E-state index contributed by atoms with van der Waals surface area (Å²) in [6.45, 7) is 2.38. The molecule has 2 aromatic rings. The van der Waals surface area contributed by atoms with Gasteiger partial charge in [-0.3, -0.25) is 4.79 Å². The zero-order valence-corrected chi connectivity index (χ0v) is 14.8. The summed E-state index contributed by atoms with van der Waals surface area (Å²) < 4.78 is 0.784. The molecule has 0 fully saturated rings. The van der Waals surface area contributed by atoms with Crippen molar-refractivity contribution in [3.8, 4) is 0 Å². The zero-order chi connectivity index (χ0) is 15.6. The third-order valence-electron chi connectivity index (χ3n) is 3.12. The largest absolute Gasteiger partial charge is 0.337 e. The Morgan fingerprint density at radius 2 is 1.90 bits per heavy atom. The summed E-state index contributed by atoms with van der Waals surface area (Å²) >= 11 is 15.4. The van der Waals surface area contributed by atoms with Crippen molar-refractivity contribution in [1.82, 2.24) is 4.90 Å². The van der Waals surface area contributed by atoms with E-state index in [1.165, 1.54) is 0 Å². The van der Waals surface area contributed by atoms with Gasteiger partial charge in [0.25, 0.3) is 5.91 Å². The van der Waals surface area contributed by atoms with Crippen LogP contribution in [-0.2, 0) is 6.54 Å². The molecule has 0 radical (unpaired) electrons. The number of nitrogens with zero attached hydrogens (tertiary/aromatic N) is 1. The normalized spacial score (nSPS) is 10.5. The van der Waals surface area contributed by atoms with Crippen molar-refractivity contribution >= 4 is 45.0 Å². The van der Waals surface area contributed by atoms with E-state index < -0.39 is 0 Å². The van der Waals surface area contributed by atoms with Crippen LogP contribution < -0.4 is 0 Å². The predicted octanol–water partition coefficient (Wildman–Crippen LogP) is 5.34. The van der Waals surface area contributed by atoms with E-state index in [-0.39, 0.29) is 5.91 Å². The molecule has 110 valence electrons. The van der Waals surface area contributed by atoms with Gasteiger partial charge in [0.15, 0.2) is 0 Å². The number of carbonyl (C=O) groups is 1. The highest BCUT2D eigenvalue weighted by molar-refractivity contribution is 9.10. The second-order valence-electron chi connectivity index (χ2n) is 4.88. The number of carbonyl (C=O) groups excluding carboxylic acids is 1. The molecule has 0 atom stereocenters. The lowest BCUT2D eigenvalue weighted by Gasteiger charge is -2.19. The first kappa shape index (κ1) is 16.3. The molecule has 0 saturated carbocycles. The Bertz CT molecular complexity index is 688. The van der Waals surface area contributed by atoms with E-state index in [2.05, 4.69) is 15.9 Å². The van der Waals surface area contributed by atoms with Crippen LogP contribution in [0.2, 0.25) is 10.0 Å². The molecule has 0 spiro atoms. The van der Waals surface area contributed by atoms with E-state index in [0.717, 1.165) is 15.6 Å². The fourth-order valence-corrected chi connectivity index (χ4v) is 2.87. The fourth-order valence-electron chi connectivity index (χ4n) is 1.99. The van der Waals surface area contributed by atoms with E-state index in [9.17, 15) is 4.79 Å². The molecular weight excluding hydrogens is 373 g/mol. The Morgan fingerprint density at radius 1 is 1.19 bits per heavy atom. The maximum atomic E-state index is 12.5. The highest BCUT2D eigenvalue weighted by Gasteiger charge is 2.16. The van der Waals surface area contributed by atoms with E-state index >= 15 is 0 Å². The first-order valence-electron chi connectivity index (χ1n) is 6.34. The highest BCUT2D eigenvalue weighted by atomic mass is 79.9. The number of hydrogen-bond acceptors (Lipinski definition) is 1. The molecule has 0 N–H and O–H groups in total. The van der Waals surface area contributed by atoms with E-state index in [4.69, 9.17) is 23.2 Å². The minimum Gasteiger partial charge on any atom is -0.337 e. The van der Waals surface area contributed by atoms with Gasteiger partial charge in [-0.25, -0.2) is 0 Å². The average Bonchev–Trinajstić information content (AvgIpc) is 2.43. The van der Waals surface area contributed by atoms with Crippen molar-refractivity contribution in [3.63, 3.8) is 0 Å². The van der Waals surface area contributed by atoms with Crippen LogP contribution >= 0.6 is 39.1 Å². The van der Waals surface area contributed by atoms with Gasteiger partial charge < -0.3 is 4.90 Å². The Hall–Kier alpha value is -1.03. The number of halogens is 3. The van der Waals surface area contributed by atoms with Gasteiger partial charge in [0.2, 0.25) is 0 Å². The Labute approximate surface area is 142 Å². The third kappa shape index (κ3) is 4.00. The number of hydrogen-bond donors (Lipinski definition) is 0. The van der Waals surface area contributed by atoms with E-state index in [0.29, 0.717) is 22.2 Å². The molecule has 2 rings (SSSR count).